The molecule has 0 aliphatic rings. The molecule has 0 amide bonds. The Kier molecular flexibility index (Phi) is 5.02. The van der Waals surface area contributed by atoms with Gasteiger partial charge >= 0.3 is 0 Å². The summed E-state index contributed by atoms with van der Waals surface area (Å²) in [5, 5.41) is 0.416. The molecule has 0 saturated heterocycles. The Bertz CT molecular complexity index is 695. The van der Waals surface area contributed by atoms with E-state index < -0.39 is 0 Å². The molecule has 0 radical (unpaired) electrons. The first-order valence-corrected chi connectivity index (χ1v) is 7.36. The molecular weight excluding hydrogens is 365 g/mol. The summed E-state index contributed by atoms with van der Waals surface area (Å²) in [5.41, 5.74) is 0.258. The number of hydrogen-bond donors (Lipinski definition) is 0. The largest absolute Gasteiger partial charge is 0.312 e. The Hall–Kier alpha value is -1.10. The molecule has 0 atom stereocenters. The fraction of sp³-hybridized carbons (Fsp3) is 0.143. The monoisotopic (exact) mass is 373 g/mol. The number of halogens is 3. The lowest BCUT2D eigenvalue weighted by Gasteiger charge is -2.06. The van der Waals surface area contributed by atoms with E-state index in [9.17, 15) is 9.59 Å². The van der Waals surface area contributed by atoms with Gasteiger partial charge < -0.3 is 4.57 Å². The summed E-state index contributed by atoms with van der Waals surface area (Å²) in [6.07, 6.45) is 1.68. The van der Waals surface area contributed by atoms with Gasteiger partial charge in [-0.3, -0.25) is 9.59 Å². The Balaban J connectivity index is 2.11. The summed E-state index contributed by atoms with van der Waals surface area (Å²) >= 11 is 14.9. The highest BCUT2D eigenvalue weighted by Crippen LogP contribution is 2.14. The Labute approximate surface area is 134 Å². The van der Waals surface area contributed by atoms with E-state index in [2.05, 4.69) is 15.9 Å². The van der Waals surface area contributed by atoms with Gasteiger partial charge in [-0.1, -0.05) is 51.3 Å². The molecule has 0 bridgehead atoms. The van der Waals surface area contributed by atoms with Crippen LogP contribution in [-0.4, -0.2) is 10.4 Å². The number of hydrogen-bond acceptors (Lipinski definition) is 2. The minimum Gasteiger partial charge on any atom is -0.312 e. The van der Waals surface area contributed by atoms with Crippen molar-refractivity contribution in [2.24, 2.45) is 0 Å². The van der Waals surface area contributed by atoms with Crippen molar-refractivity contribution in [3.8, 4) is 0 Å². The molecule has 1 aromatic carbocycles. The highest BCUT2D eigenvalue weighted by atomic mass is 79.9. The Morgan fingerprint density at radius 1 is 1.20 bits per heavy atom. The average molecular weight is 375 g/mol. The highest BCUT2D eigenvalue weighted by molar-refractivity contribution is 9.10. The number of aromatic nitrogens is 1. The summed E-state index contributed by atoms with van der Waals surface area (Å²) < 4.78 is 2.26. The Morgan fingerprint density at radius 3 is 2.50 bits per heavy atom. The molecule has 0 N–H and O–H groups in total. The maximum Gasteiger partial charge on any atom is 0.269 e. The summed E-state index contributed by atoms with van der Waals surface area (Å²) in [6, 6.07) is 8.46. The van der Waals surface area contributed by atoms with E-state index >= 15 is 0 Å². The summed E-state index contributed by atoms with van der Waals surface area (Å²) in [6.45, 7) is 0.244. The SMILES string of the molecule is O=C(CCn1cc(Cl)cc(Cl)c1=O)c1ccc(Br)cc1. The molecule has 6 heteroatoms. The zero-order chi connectivity index (χ0) is 14.7. The van der Waals surface area contributed by atoms with Gasteiger partial charge in [0.1, 0.15) is 5.02 Å². The molecule has 0 unspecified atom stereocenters. The van der Waals surface area contributed by atoms with Crippen LogP contribution in [-0.2, 0) is 6.54 Å². The van der Waals surface area contributed by atoms with Gasteiger partial charge in [0.15, 0.2) is 5.78 Å². The third kappa shape index (κ3) is 3.72. The number of pyridine rings is 1. The second-order valence-corrected chi connectivity index (χ2v) is 5.94. The molecular formula is C14H10BrCl2NO2. The quantitative estimate of drug-likeness (QED) is 0.752. The van der Waals surface area contributed by atoms with E-state index in [0.717, 1.165) is 4.47 Å². The molecule has 1 aromatic heterocycles. The van der Waals surface area contributed by atoms with E-state index in [4.69, 9.17) is 23.2 Å². The smallest absolute Gasteiger partial charge is 0.269 e. The number of carbonyl (C=O) groups is 1. The number of carbonyl (C=O) groups excluding carboxylic acids is 1. The van der Waals surface area contributed by atoms with Crippen LogP contribution < -0.4 is 5.56 Å². The van der Waals surface area contributed by atoms with Gasteiger partial charge in [0.25, 0.3) is 5.56 Å². The predicted octanol–water partition coefficient (Wildman–Crippen LogP) is 4.19. The maximum absolute atomic E-state index is 12.0. The number of nitrogens with zero attached hydrogens (tertiary/aromatic N) is 1. The van der Waals surface area contributed by atoms with Crippen LogP contribution in [0.5, 0.6) is 0 Å². The molecule has 0 saturated carbocycles. The van der Waals surface area contributed by atoms with Crippen molar-refractivity contribution in [1.82, 2.24) is 4.57 Å². The van der Waals surface area contributed by atoms with Crippen LogP contribution in [0.1, 0.15) is 16.8 Å². The third-order valence-electron chi connectivity index (χ3n) is 2.75. The van der Waals surface area contributed by atoms with Gasteiger partial charge in [-0.25, -0.2) is 0 Å². The first kappa shape index (κ1) is 15.3. The minimum atomic E-state index is -0.348. The molecule has 3 nitrogen and oxygen atoms in total. The highest BCUT2D eigenvalue weighted by Gasteiger charge is 2.08. The van der Waals surface area contributed by atoms with Crippen LogP contribution in [0.4, 0.5) is 0 Å². The number of aryl methyl sites for hydroxylation is 1. The number of benzene rings is 1. The first-order valence-electron chi connectivity index (χ1n) is 5.81. The van der Waals surface area contributed by atoms with Crippen LogP contribution in [0.2, 0.25) is 10.0 Å². The van der Waals surface area contributed by atoms with Crippen molar-refractivity contribution in [1.29, 1.82) is 0 Å². The normalized spacial score (nSPS) is 10.6. The predicted molar refractivity (Wildman–Crippen MR) is 83.8 cm³/mol. The van der Waals surface area contributed by atoms with Crippen molar-refractivity contribution in [2.45, 2.75) is 13.0 Å². The van der Waals surface area contributed by atoms with E-state index in [0.29, 0.717) is 10.6 Å². The standard InChI is InChI=1S/C14H10BrCl2NO2/c15-10-3-1-9(2-4-10)13(19)5-6-18-8-11(16)7-12(17)14(18)20/h1-4,7-8H,5-6H2. The van der Waals surface area contributed by atoms with Crippen LogP contribution >= 0.6 is 39.1 Å². The molecule has 20 heavy (non-hydrogen) atoms. The van der Waals surface area contributed by atoms with Gasteiger partial charge in [-0.05, 0) is 18.2 Å². The third-order valence-corrected chi connectivity index (χ3v) is 3.76. The second-order valence-electron chi connectivity index (χ2n) is 4.18. The number of Topliss-reactive ketones (excluding diaryl/α,β-unsaturated/α-hetero) is 1. The fourth-order valence-electron chi connectivity index (χ4n) is 1.73. The van der Waals surface area contributed by atoms with Gasteiger partial charge in [0.2, 0.25) is 0 Å². The van der Waals surface area contributed by atoms with E-state index in [1.807, 2.05) is 0 Å². The fourth-order valence-corrected chi connectivity index (χ4v) is 2.51. The van der Waals surface area contributed by atoms with Crippen molar-refractivity contribution in [2.75, 3.05) is 0 Å². The zero-order valence-corrected chi connectivity index (χ0v) is 13.4. The van der Waals surface area contributed by atoms with Gasteiger partial charge in [-0.2, -0.15) is 0 Å². The average Bonchev–Trinajstić information content (AvgIpc) is 2.41. The van der Waals surface area contributed by atoms with Crippen LogP contribution in [0.3, 0.4) is 0 Å². The van der Waals surface area contributed by atoms with Gasteiger partial charge in [0.05, 0.1) is 5.02 Å². The van der Waals surface area contributed by atoms with Gasteiger partial charge in [0, 0.05) is 29.2 Å². The molecule has 2 rings (SSSR count). The van der Waals surface area contributed by atoms with Crippen LogP contribution in [0.25, 0.3) is 0 Å². The van der Waals surface area contributed by atoms with E-state index in [1.165, 1.54) is 16.8 Å². The van der Waals surface area contributed by atoms with E-state index in [-0.39, 0.29) is 29.3 Å². The molecule has 0 spiro atoms. The lowest BCUT2D eigenvalue weighted by atomic mass is 10.1. The van der Waals surface area contributed by atoms with Gasteiger partial charge in [-0.15, -0.1) is 0 Å². The molecule has 104 valence electrons. The summed E-state index contributed by atoms with van der Waals surface area (Å²) in [4.78, 5) is 23.8. The van der Waals surface area contributed by atoms with Crippen molar-refractivity contribution in [3.05, 3.63) is 67.0 Å². The molecule has 0 fully saturated rings. The molecule has 1 heterocycles. The molecule has 0 aliphatic heterocycles. The van der Waals surface area contributed by atoms with E-state index in [1.54, 1.807) is 24.3 Å². The summed E-state index contributed by atoms with van der Waals surface area (Å²) in [7, 11) is 0. The minimum absolute atomic E-state index is 0.0412. The van der Waals surface area contributed by atoms with Crippen molar-refractivity contribution >= 4 is 44.9 Å². The topological polar surface area (TPSA) is 39.1 Å². The van der Waals surface area contributed by atoms with Crippen molar-refractivity contribution in [3.63, 3.8) is 0 Å². The first-order chi connectivity index (χ1) is 9.47. The lowest BCUT2D eigenvalue weighted by molar-refractivity contribution is 0.0976. The number of ketones is 1. The molecule has 2 aromatic rings. The zero-order valence-electron chi connectivity index (χ0n) is 10.3. The molecule has 0 aliphatic carbocycles. The summed E-state index contributed by atoms with van der Waals surface area (Å²) in [5.74, 6) is -0.0412. The van der Waals surface area contributed by atoms with Crippen molar-refractivity contribution < 1.29 is 4.79 Å². The second kappa shape index (κ2) is 6.57. The van der Waals surface area contributed by atoms with Crippen LogP contribution in [0.15, 0.2) is 45.8 Å². The Morgan fingerprint density at radius 2 is 1.85 bits per heavy atom. The van der Waals surface area contributed by atoms with Crippen LogP contribution in [0, 0.1) is 0 Å². The lowest BCUT2D eigenvalue weighted by Crippen LogP contribution is -2.21. The maximum atomic E-state index is 12.0. The number of rotatable bonds is 4.